The molecule has 0 radical (unpaired) electrons. The van der Waals surface area contributed by atoms with Crippen LogP contribution in [0.25, 0.3) is 0 Å². The first-order valence-electron chi connectivity index (χ1n) is 5.34. The second kappa shape index (κ2) is 5.66. The van der Waals surface area contributed by atoms with E-state index in [1.165, 1.54) is 12.4 Å². The minimum atomic E-state index is -0.161. The molecule has 0 aliphatic rings. The van der Waals surface area contributed by atoms with Crippen LogP contribution < -0.4 is 10.5 Å². The lowest BCUT2D eigenvalue weighted by Gasteiger charge is -2.09. The molecule has 1 aromatic carbocycles. The molecule has 0 amide bonds. The first-order chi connectivity index (χ1) is 9.11. The third kappa shape index (κ3) is 3.00. The molecule has 0 saturated carbocycles. The van der Waals surface area contributed by atoms with Gasteiger partial charge in [0.05, 0.1) is 4.47 Å². The van der Waals surface area contributed by atoms with Crippen LogP contribution in [-0.4, -0.2) is 21.0 Å². The van der Waals surface area contributed by atoms with Gasteiger partial charge in [0.15, 0.2) is 11.5 Å². The lowest BCUT2D eigenvalue weighted by atomic mass is 10.2. The number of nitrogens with zero attached hydrogens (tertiary/aromatic N) is 3. The van der Waals surface area contributed by atoms with E-state index in [0.29, 0.717) is 5.75 Å². The van der Waals surface area contributed by atoms with Gasteiger partial charge in [0, 0.05) is 12.4 Å². The highest BCUT2D eigenvalue weighted by atomic mass is 79.9. The van der Waals surface area contributed by atoms with Gasteiger partial charge in [-0.3, -0.25) is 0 Å². The van der Waals surface area contributed by atoms with E-state index in [2.05, 4.69) is 31.1 Å². The second-order valence-electron chi connectivity index (χ2n) is 3.73. The van der Waals surface area contributed by atoms with Crippen molar-refractivity contribution in [3.8, 4) is 11.6 Å². The maximum atomic E-state index is 8.70. The van der Waals surface area contributed by atoms with Gasteiger partial charge >= 0.3 is 0 Å². The van der Waals surface area contributed by atoms with E-state index in [4.69, 9.17) is 15.7 Å². The van der Waals surface area contributed by atoms with Crippen LogP contribution in [0.3, 0.4) is 0 Å². The smallest absolute Gasteiger partial charge is 0.249 e. The van der Waals surface area contributed by atoms with Crippen molar-refractivity contribution >= 4 is 21.8 Å². The molecule has 98 valence electrons. The summed E-state index contributed by atoms with van der Waals surface area (Å²) >= 11 is 3.40. The van der Waals surface area contributed by atoms with Crippen LogP contribution in [0.15, 0.2) is 40.2 Å². The Bertz CT molecular complexity index is 631. The summed E-state index contributed by atoms with van der Waals surface area (Å²) in [7, 11) is 0. The molecule has 0 saturated heterocycles. The molecular weight excluding hydrogens is 312 g/mol. The van der Waals surface area contributed by atoms with Gasteiger partial charge in [-0.25, -0.2) is 9.97 Å². The SMILES string of the molecule is Cc1ccc(Oc2nccnc2C(N)=NO)c(Br)c1. The summed E-state index contributed by atoms with van der Waals surface area (Å²) in [5.41, 5.74) is 6.79. The van der Waals surface area contributed by atoms with Gasteiger partial charge in [-0.1, -0.05) is 11.2 Å². The number of ether oxygens (including phenoxy) is 1. The van der Waals surface area contributed by atoms with Gasteiger partial charge in [-0.2, -0.15) is 0 Å². The summed E-state index contributed by atoms with van der Waals surface area (Å²) in [5.74, 6) is 0.576. The number of nitrogens with two attached hydrogens (primary N) is 1. The largest absolute Gasteiger partial charge is 0.436 e. The van der Waals surface area contributed by atoms with Gasteiger partial charge in [-0.15, -0.1) is 0 Å². The number of oxime groups is 1. The van der Waals surface area contributed by atoms with Gasteiger partial charge in [0.25, 0.3) is 0 Å². The number of benzene rings is 1. The summed E-state index contributed by atoms with van der Waals surface area (Å²) < 4.78 is 6.41. The monoisotopic (exact) mass is 322 g/mol. The molecule has 0 atom stereocenters. The van der Waals surface area contributed by atoms with E-state index in [-0.39, 0.29) is 17.4 Å². The number of hydrogen-bond donors (Lipinski definition) is 2. The Labute approximate surface area is 118 Å². The first-order valence-corrected chi connectivity index (χ1v) is 6.14. The Kier molecular flexibility index (Phi) is 3.96. The van der Waals surface area contributed by atoms with Crippen LogP contribution >= 0.6 is 15.9 Å². The Morgan fingerprint density at radius 1 is 1.37 bits per heavy atom. The zero-order valence-corrected chi connectivity index (χ0v) is 11.6. The number of halogens is 1. The van der Waals surface area contributed by atoms with E-state index in [0.717, 1.165) is 10.0 Å². The Balaban J connectivity index is 2.38. The number of amidine groups is 1. The summed E-state index contributed by atoms with van der Waals surface area (Å²) in [6, 6.07) is 5.61. The maximum absolute atomic E-state index is 8.70. The molecule has 0 bridgehead atoms. The van der Waals surface area contributed by atoms with Crippen molar-refractivity contribution in [1.29, 1.82) is 0 Å². The van der Waals surface area contributed by atoms with Crippen molar-refractivity contribution in [3.63, 3.8) is 0 Å². The standard InChI is InChI=1S/C12H11BrN4O2/c1-7-2-3-9(8(13)6-7)19-12-10(11(14)17-18)15-4-5-16-12/h2-6,18H,1H3,(H2,14,17). The summed E-state index contributed by atoms with van der Waals surface area (Å²) in [5, 5.41) is 11.6. The van der Waals surface area contributed by atoms with Crippen LogP contribution in [0, 0.1) is 6.92 Å². The fourth-order valence-electron chi connectivity index (χ4n) is 1.42. The molecule has 7 heteroatoms. The second-order valence-corrected chi connectivity index (χ2v) is 4.59. The van der Waals surface area contributed by atoms with Gasteiger partial charge in [0.1, 0.15) is 5.75 Å². The third-order valence-electron chi connectivity index (χ3n) is 2.31. The van der Waals surface area contributed by atoms with Gasteiger partial charge in [0.2, 0.25) is 5.88 Å². The number of aryl methyl sites for hydroxylation is 1. The van der Waals surface area contributed by atoms with E-state index >= 15 is 0 Å². The molecule has 1 aromatic heterocycles. The minimum Gasteiger partial charge on any atom is -0.436 e. The van der Waals surface area contributed by atoms with Gasteiger partial charge in [-0.05, 0) is 40.5 Å². The van der Waals surface area contributed by atoms with Crippen LogP contribution in [0.5, 0.6) is 11.6 Å². The molecule has 0 fully saturated rings. The van der Waals surface area contributed by atoms with Crippen molar-refractivity contribution in [2.45, 2.75) is 6.92 Å². The normalized spacial score (nSPS) is 11.4. The Morgan fingerprint density at radius 2 is 2.11 bits per heavy atom. The molecule has 3 N–H and O–H groups in total. The molecule has 2 aromatic rings. The molecule has 19 heavy (non-hydrogen) atoms. The highest BCUT2D eigenvalue weighted by Gasteiger charge is 2.13. The van der Waals surface area contributed by atoms with Crippen molar-refractivity contribution in [2.75, 3.05) is 0 Å². The Morgan fingerprint density at radius 3 is 2.79 bits per heavy atom. The highest BCUT2D eigenvalue weighted by Crippen LogP contribution is 2.30. The topological polar surface area (TPSA) is 93.6 Å². The maximum Gasteiger partial charge on any atom is 0.249 e. The third-order valence-corrected chi connectivity index (χ3v) is 2.93. The van der Waals surface area contributed by atoms with Crippen molar-refractivity contribution in [2.24, 2.45) is 10.9 Å². The van der Waals surface area contributed by atoms with Crippen LogP contribution in [0.1, 0.15) is 11.3 Å². The fraction of sp³-hybridized carbons (Fsp3) is 0.0833. The molecule has 1 heterocycles. The average molecular weight is 323 g/mol. The summed E-state index contributed by atoms with van der Waals surface area (Å²) in [6.45, 7) is 1.97. The van der Waals surface area contributed by atoms with Crippen molar-refractivity contribution < 1.29 is 9.94 Å². The zero-order valence-electron chi connectivity index (χ0n) is 10.0. The molecule has 2 rings (SSSR count). The molecule has 0 aliphatic carbocycles. The molecule has 6 nitrogen and oxygen atoms in total. The van der Waals surface area contributed by atoms with Crippen LogP contribution in [-0.2, 0) is 0 Å². The predicted molar refractivity (Wildman–Crippen MR) is 73.5 cm³/mol. The fourth-order valence-corrected chi connectivity index (χ4v) is 1.99. The van der Waals surface area contributed by atoms with Crippen LogP contribution in [0.4, 0.5) is 0 Å². The molecule has 0 spiro atoms. The number of hydrogen-bond acceptors (Lipinski definition) is 5. The number of aromatic nitrogens is 2. The van der Waals surface area contributed by atoms with E-state index < -0.39 is 0 Å². The number of rotatable bonds is 3. The van der Waals surface area contributed by atoms with Crippen molar-refractivity contribution in [1.82, 2.24) is 9.97 Å². The first kappa shape index (κ1) is 13.3. The lowest BCUT2D eigenvalue weighted by molar-refractivity contribution is 0.318. The van der Waals surface area contributed by atoms with Crippen molar-refractivity contribution in [3.05, 3.63) is 46.3 Å². The van der Waals surface area contributed by atoms with E-state index in [1.807, 2.05) is 19.1 Å². The predicted octanol–water partition coefficient (Wildman–Crippen LogP) is 2.43. The van der Waals surface area contributed by atoms with E-state index in [9.17, 15) is 0 Å². The lowest BCUT2D eigenvalue weighted by Crippen LogP contribution is -2.16. The van der Waals surface area contributed by atoms with Gasteiger partial charge < -0.3 is 15.7 Å². The molecule has 0 aliphatic heterocycles. The Hall–Kier alpha value is -2.15. The summed E-state index contributed by atoms with van der Waals surface area (Å²) in [4.78, 5) is 8.00. The molecule has 0 unspecified atom stereocenters. The minimum absolute atomic E-state index is 0.161. The van der Waals surface area contributed by atoms with E-state index in [1.54, 1.807) is 6.07 Å². The van der Waals surface area contributed by atoms with Crippen LogP contribution in [0.2, 0.25) is 0 Å². The quantitative estimate of drug-likeness (QED) is 0.392. The zero-order chi connectivity index (χ0) is 13.8. The average Bonchev–Trinajstić information content (AvgIpc) is 2.41. The summed E-state index contributed by atoms with van der Waals surface area (Å²) in [6.07, 6.45) is 2.90. The molecular formula is C12H11BrN4O2. The highest BCUT2D eigenvalue weighted by molar-refractivity contribution is 9.10.